The summed E-state index contributed by atoms with van der Waals surface area (Å²) in [6, 6.07) is 12.8. The number of methoxy groups -OCH3 is 2. The lowest BCUT2D eigenvalue weighted by atomic mass is 9.88. The van der Waals surface area contributed by atoms with Crippen molar-refractivity contribution in [2.75, 3.05) is 27.3 Å². The Kier molecular flexibility index (Phi) is 5.53. The van der Waals surface area contributed by atoms with E-state index in [-0.39, 0.29) is 11.9 Å². The SMILES string of the molecule is COc1cc2c(cc1OC)C[NH+](CC(=O)N[C@H]1CCCc3ccccc31)CC2. The Morgan fingerprint density at radius 2 is 1.82 bits per heavy atom. The molecule has 0 spiro atoms. The number of hydrogen-bond acceptors (Lipinski definition) is 3. The average molecular weight is 381 g/mol. The number of amides is 1. The number of quaternary nitrogens is 1. The highest BCUT2D eigenvalue weighted by Gasteiger charge is 2.26. The molecule has 0 saturated carbocycles. The topological polar surface area (TPSA) is 52.0 Å². The number of aryl methyl sites for hydroxylation is 1. The average Bonchev–Trinajstić information content (AvgIpc) is 2.73. The Bertz CT molecular complexity index is 865. The molecule has 0 aromatic heterocycles. The van der Waals surface area contributed by atoms with Gasteiger partial charge in [-0.15, -0.1) is 0 Å². The summed E-state index contributed by atoms with van der Waals surface area (Å²) in [6.45, 7) is 2.30. The first-order chi connectivity index (χ1) is 13.7. The van der Waals surface area contributed by atoms with E-state index in [1.807, 2.05) is 0 Å². The molecule has 1 unspecified atom stereocenters. The zero-order valence-electron chi connectivity index (χ0n) is 16.7. The van der Waals surface area contributed by atoms with Crippen LogP contribution in [0.5, 0.6) is 11.5 Å². The molecular formula is C23H29N2O3+. The molecule has 148 valence electrons. The van der Waals surface area contributed by atoms with Crippen LogP contribution in [0.25, 0.3) is 0 Å². The number of fused-ring (bicyclic) bond motifs is 2. The van der Waals surface area contributed by atoms with Crippen molar-refractivity contribution in [3.8, 4) is 11.5 Å². The molecule has 0 fully saturated rings. The number of nitrogens with one attached hydrogen (secondary N) is 2. The molecule has 0 bridgehead atoms. The Morgan fingerprint density at radius 1 is 1.07 bits per heavy atom. The van der Waals surface area contributed by atoms with E-state index in [4.69, 9.17) is 9.47 Å². The van der Waals surface area contributed by atoms with Crippen LogP contribution in [0, 0.1) is 0 Å². The van der Waals surface area contributed by atoms with Crippen molar-refractivity contribution in [1.82, 2.24) is 5.32 Å². The van der Waals surface area contributed by atoms with Gasteiger partial charge in [0, 0.05) is 12.0 Å². The molecule has 5 heteroatoms. The van der Waals surface area contributed by atoms with E-state index in [9.17, 15) is 4.79 Å². The van der Waals surface area contributed by atoms with Crippen LogP contribution in [0.4, 0.5) is 0 Å². The number of carbonyl (C=O) groups excluding carboxylic acids is 1. The van der Waals surface area contributed by atoms with Crippen LogP contribution < -0.4 is 19.7 Å². The van der Waals surface area contributed by atoms with E-state index >= 15 is 0 Å². The third-order valence-corrected chi connectivity index (χ3v) is 6.01. The molecule has 5 nitrogen and oxygen atoms in total. The van der Waals surface area contributed by atoms with Gasteiger partial charge >= 0.3 is 0 Å². The second-order valence-electron chi connectivity index (χ2n) is 7.79. The van der Waals surface area contributed by atoms with Crippen molar-refractivity contribution in [2.24, 2.45) is 0 Å². The van der Waals surface area contributed by atoms with E-state index in [0.29, 0.717) is 6.54 Å². The van der Waals surface area contributed by atoms with Crippen LogP contribution in [0.1, 0.15) is 41.1 Å². The smallest absolute Gasteiger partial charge is 0.275 e. The maximum atomic E-state index is 12.7. The summed E-state index contributed by atoms with van der Waals surface area (Å²) in [4.78, 5) is 14.0. The molecule has 2 aromatic rings. The summed E-state index contributed by atoms with van der Waals surface area (Å²) >= 11 is 0. The minimum Gasteiger partial charge on any atom is -0.493 e. The fraction of sp³-hybridized carbons (Fsp3) is 0.435. The summed E-state index contributed by atoms with van der Waals surface area (Å²) in [5.41, 5.74) is 5.20. The van der Waals surface area contributed by atoms with Gasteiger partial charge in [-0.25, -0.2) is 0 Å². The normalized spacial score (nSPS) is 20.6. The summed E-state index contributed by atoms with van der Waals surface area (Å²) < 4.78 is 10.8. The Hall–Kier alpha value is -2.53. The predicted molar refractivity (Wildman–Crippen MR) is 108 cm³/mol. The van der Waals surface area contributed by atoms with Crippen molar-refractivity contribution in [3.05, 3.63) is 58.7 Å². The molecule has 28 heavy (non-hydrogen) atoms. The van der Waals surface area contributed by atoms with Crippen molar-refractivity contribution < 1.29 is 19.2 Å². The van der Waals surface area contributed by atoms with E-state index in [2.05, 4.69) is 41.7 Å². The Morgan fingerprint density at radius 3 is 2.61 bits per heavy atom. The quantitative estimate of drug-likeness (QED) is 0.831. The van der Waals surface area contributed by atoms with Gasteiger partial charge < -0.3 is 19.7 Å². The third-order valence-electron chi connectivity index (χ3n) is 6.01. The zero-order chi connectivity index (χ0) is 19.5. The van der Waals surface area contributed by atoms with E-state index in [1.54, 1.807) is 14.2 Å². The summed E-state index contributed by atoms with van der Waals surface area (Å²) in [7, 11) is 3.32. The fourth-order valence-corrected chi connectivity index (χ4v) is 4.56. The van der Waals surface area contributed by atoms with Crippen molar-refractivity contribution in [1.29, 1.82) is 0 Å². The fourth-order valence-electron chi connectivity index (χ4n) is 4.56. The lowest BCUT2D eigenvalue weighted by molar-refractivity contribution is -0.908. The van der Waals surface area contributed by atoms with E-state index < -0.39 is 0 Å². The molecule has 1 heterocycles. The molecule has 2 N–H and O–H groups in total. The minimum absolute atomic E-state index is 0.139. The highest BCUT2D eigenvalue weighted by Crippen LogP contribution is 2.31. The second-order valence-corrected chi connectivity index (χ2v) is 7.79. The molecule has 2 aliphatic rings. The number of ether oxygens (including phenoxy) is 2. The summed E-state index contributed by atoms with van der Waals surface area (Å²) in [5.74, 6) is 1.67. The first kappa shape index (κ1) is 18.8. The van der Waals surface area contributed by atoms with Gasteiger partial charge in [-0.2, -0.15) is 0 Å². The van der Waals surface area contributed by atoms with Crippen LogP contribution in [-0.2, 0) is 24.2 Å². The molecule has 1 aliphatic heterocycles. The number of hydrogen-bond donors (Lipinski definition) is 2. The molecule has 0 saturated heterocycles. The van der Waals surface area contributed by atoms with Crippen LogP contribution in [-0.4, -0.2) is 33.2 Å². The van der Waals surface area contributed by atoms with Crippen molar-refractivity contribution in [2.45, 2.75) is 38.3 Å². The Balaban J connectivity index is 1.40. The lowest BCUT2D eigenvalue weighted by Gasteiger charge is -2.29. The Labute approximate surface area is 166 Å². The van der Waals surface area contributed by atoms with Crippen LogP contribution in [0.15, 0.2) is 36.4 Å². The molecule has 0 radical (unpaired) electrons. The van der Waals surface area contributed by atoms with Gasteiger partial charge in [-0.1, -0.05) is 24.3 Å². The van der Waals surface area contributed by atoms with E-state index in [1.165, 1.54) is 27.2 Å². The van der Waals surface area contributed by atoms with Gasteiger partial charge in [0.1, 0.15) is 6.54 Å². The lowest BCUT2D eigenvalue weighted by Crippen LogP contribution is -3.12. The summed E-state index contributed by atoms with van der Waals surface area (Å²) in [5, 5.41) is 3.28. The molecule has 2 aromatic carbocycles. The van der Waals surface area contributed by atoms with Gasteiger partial charge in [-0.05, 0) is 48.1 Å². The van der Waals surface area contributed by atoms with Gasteiger partial charge in [-0.3, -0.25) is 4.79 Å². The van der Waals surface area contributed by atoms with Gasteiger partial charge in [0.2, 0.25) is 0 Å². The van der Waals surface area contributed by atoms with Crippen molar-refractivity contribution in [3.63, 3.8) is 0 Å². The maximum Gasteiger partial charge on any atom is 0.275 e. The van der Waals surface area contributed by atoms with Crippen molar-refractivity contribution >= 4 is 5.91 Å². The van der Waals surface area contributed by atoms with Gasteiger partial charge in [0.05, 0.1) is 26.8 Å². The predicted octanol–water partition coefficient (Wildman–Crippen LogP) is 1.84. The highest BCUT2D eigenvalue weighted by atomic mass is 16.5. The number of carbonyl (C=O) groups is 1. The van der Waals surface area contributed by atoms with Gasteiger partial charge in [0.15, 0.2) is 18.0 Å². The molecular weight excluding hydrogens is 352 g/mol. The van der Waals surface area contributed by atoms with Crippen LogP contribution in [0.3, 0.4) is 0 Å². The van der Waals surface area contributed by atoms with Crippen LogP contribution >= 0.6 is 0 Å². The number of benzene rings is 2. The number of rotatable bonds is 5. The maximum absolute atomic E-state index is 12.7. The van der Waals surface area contributed by atoms with Gasteiger partial charge in [0.25, 0.3) is 5.91 Å². The van der Waals surface area contributed by atoms with E-state index in [0.717, 1.165) is 50.3 Å². The molecule has 2 atom stereocenters. The first-order valence-corrected chi connectivity index (χ1v) is 10.1. The zero-order valence-corrected chi connectivity index (χ0v) is 16.7. The molecule has 1 amide bonds. The third kappa shape index (κ3) is 3.85. The molecule has 1 aliphatic carbocycles. The second kappa shape index (κ2) is 8.23. The standard InChI is InChI=1S/C23H28N2O3/c1-27-21-12-17-10-11-25(14-18(17)13-22(21)28-2)15-23(26)24-20-9-5-7-16-6-3-4-8-19(16)20/h3-4,6,8,12-13,20H,5,7,9-11,14-15H2,1-2H3,(H,24,26)/p+1/t20-/m0/s1. The highest BCUT2D eigenvalue weighted by molar-refractivity contribution is 5.77. The minimum atomic E-state index is 0.139. The monoisotopic (exact) mass is 381 g/mol. The largest absolute Gasteiger partial charge is 0.493 e. The van der Waals surface area contributed by atoms with Crippen LogP contribution in [0.2, 0.25) is 0 Å². The summed E-state index contributed by atoms with van der Waals surface area (Å²) in [6.07, 6.45) is 4.22. The first-order valence-electron chi connectivity index (χ1n) is 10.1. The molecule has 4 rings (SSSR count).